The summed E-state index contributed by atoms with van der Waals surface area (Å²) in [5.41, 5.74) is 0. The lowest BCUT2D eigenvalue weighted by atomic mass is 10.2. The Balaban J connectivity index is 2.45. The van der Waals surface area contributed by atoms with Crippen LogP contribution in [-0.2, 0) is 19.4 Å². The van der Waals surface area contributed by atoms with E-state index in [0.717, 1.165) is 0 Å². The number of hydrogen-bond acceptors (Lipinski definition) is 4. The zero-order valence-corrected chi connectivity index (χ0v) is 8.92. The highest BCUT2D eigenvalue weighted by Gasteiger charge is 2.26. The Labute approximate surface area is 87.6 Å². The third-order valence-electron chi connectivity index (χ3n) is 2.14. The van der Waals surface area contributed by atoms with Crippen molar-refractivity contribution in [2.45, 2.75) is 25.3 Å². The van der Waals surface area contributed by atoms with Gasteiger partial charge in [0.2, 0.25) is 5.91 Å². The molecule has 1 fully saturated rings. The van der Waals surface area contributed by atoms with Crippen molar-refractivity contribution in [2.75, 3.05) is 11.5 Å². The van der Waals surface area contributed by atoms with Gasteiger partial charge in [-0.2, -0.15) is 0 Å². The topological polar surface area (TPSA) is 101 Å². The van der Waals surface area contributed by atoms with E-state index in [1.165, 1.54) is 0 Å². The van der Waals surface area contributed by atoms with Crippen LogP contribution >= 0.6 is 0 Å². The second kappa shape index (κ2) is 4.61. The summed E-state index contributed by atoms with van der Waals surface area (Å²) in [6.07, 6.45) is 0.488. The van der Waals surface area contributed by atoms with E-state index < -0.39 is 34.2 Å². The minimum atomic E-state index is -3.07. The van der Waals surface area contributed by atoms with Crippen LogP contribution in [0.2, 0.25) is 0 Å². The minimum Gasteiger partial charge on any atom is -0.481 e. The molecule has 0 aromatic heterocycles. The van der Waals surface area contributed by atoms with Crippen LogP contribution < -0.4 is 5.32 Å². The monoisotopic (exact) mass is 235 g/mol. The number of amides is 1. The third kappa shape index (κ3) is 4.28. The number of sulfone groups is 1. The molecule has 6 nitrogen and oxygen atoms in total. The van der Waals surface area contributed by atoms with Gasteiger partial charge in [0.25, 0.3) is 0 Å². The van der Waals surface area contributed by atoms with Gasteiger partial charge in [-0.15, -0.1) is 0 Å². The van der Waals surface area contributed by atoms with E-state index in [9.17, 15) is 18.0 Å². The van der Waals surface area contributed by atoms with E-state index >= 15 is 0 Å². The number of carboxylic acids is 1. The molecule has 2 N–H and O–H groups in total. The van der Waals surface area contributed by atoms with E-state index in [-0.39, 0.29) is 11.5 Å². The first-order chi connectivity index (χ1) is 6.89. The summed E-state index contributed by atoms with van der Waals surface area (Å²) in [6.45, 7) is 0. The van der Waals surface area contributed by atoms with Crippen LogP contribution in [0.4, 0.5) is 0 Å². The Bertz CT molecular complexity index is 361. The molecule has 0 bridgehead atoms. The molecule has 1 aliphatic heterocycles. The van der Waals surface area contributed by atoms with Crippen LogP contribution in [0.25, 0.3) is 0 Å². The van der Waals surface area contributed by atoms with Gasteiger partial charge in [0, 0.05) is 6.04 Å². The first-order valence-electron chi connectivity index (χ1n) is 4.60. The van der Waals surface area contributed by atoms with Crippen molar-refractivity contribution in [3.05, 3.63) is 0 Å². The molecule has 0 aromatic carbocycles. The van der Waals surface area contributed by atoms with Crippen molar-refractivity contribution in [3.8, 4) is 0 Å². The Hall–Kier alpha value is -1.11. The molecule has 1 aliphatic rings. The molecular weight excluding hydrogens is 222 g/mol. The predicted octanol–water partition coefficient (Wildman–Crippen LogP) is -0.845. The fourth-order valence-electron chi connectivity index (χ4n) is 1.55. The van der Waals surface area contributed by atoms with Gasteiger partial charge in [0.1, 0.15) is 6.42 Å². The van der Waals surface area contributed by atoms with Gasteiger partial charge >= 0.3 is 5.97 Å². The molecule has 1 saturated heterocycles. The van der Waals surface area contributed by atoms with Gasteiger partial charge < -0.3 is 10.4 Å². The molecule has 0 radical (unpaired) electrons. The van der Waals surface area contributed by atoms with E-state index in [2.05, 4.69) is 5.32 Å². The van der Waals surface area contributed by atoms with Crippen molar-refractivity contribution in [1.29, 1.82) is 0 Å². The molecule has 0 aromatic rings. The molecular formula is C8H13NO5S. The molecule has 1 rings (SSSR count). The normalized spacial score (nSPS) is 24.4. The van der Waals surface area contributed by atoms with Crippen LogP contribution in [0.5, 0.6) is 0 Å². The van der Waals surface area contributed by atoms with Crippen molar-refractivity contribution >= 4 is 21.7 Å². The van der Waals surface area contributed by atoms with Crippen LogP contribution in [0.3, 0.4) is 0 Å². The van der Waals surface area contributed by atoms with Crippen molar-refractivity contribution in [2.24, 2.45) is 0 Å². The molecule has 0 saturated carbocycles. The van der Waals surface area contributed by atoms with Crippen LogP contribution in [0.1, 0.15) is 19.3 Å². The molecule has 1 atom stereocenters. The lowest BCUT2D eigenvalue weighted by Crippen LogP contribution is -2.43. The maximum Gasteiger partial charge on any atom is 0.312 e. The SMILES string of the molecule is O=C(O)CC(=O)NC1CCCS(=O)(=O)C1. The Kier molecular flexibility index (Phi) is 3.67. The zero-order valence-electron chi connectivity index (χ0n) is 8.10. The first-order valence-corrected chi connectivity index (χ1v) is 6.43. The summed E-state index contributed by atoms with van der Waals surface area (Å²) in [7, 11) is -3.07. The smallest absolute Gasteiger partial charge is 0.312 e. The summed E-state index contributed by atoms with van der Waals surface area (Å²) in [6, 6.07) is -0.435. The van der Waals surface area contributed by atoms with Gasteiger partial charge in [-0.05, 0) is 12.8 Å². The molecule has 7 heteroatoms. The molecule has 1 heterocycles. The maximum atomic E-state index is 11.2. The summed E-state index contributed by atoms with van der Waals surface area (Å²) in [4.78, 5) is 21.2. The number of aliphatic carboxylic acids is 1. The van der Waals surface area contributed by atoms with E-state index in [1.54, 1.807) is 0 Å². The number of hydrogen-bond donors (Lipinski definition) is 2. The lowest BCUT2D eigenvalue weighted by Gasteiger charge is -2.22. The quantitative estimate of drug-likeness (QED) is 0.621. The molecule has 1 amide bonds. The van der Waals surface area contributed by atoms with Crippen molar-refractivity contribution < 1.29 is 23.1 Å². The summed E-state index contributed by atoms with van der Waals surface area (Å²) in [5.74, 6) is -1.79. The average Bonchev–Trinajstić information content (AvgIpc) is 1.99. The van der Waals surface area contributed by atoms with Crippen molar-refractivity contribution in [1.82, 2.24) is 5.32 Å². The number of nitrogens with one attached hydrogen (secondary N) is 1. The zero-order chi connectivity index (χ0) is 11.5. The maximum absolute atomic E-state index is 11.2. The van der Waals surface area contributed by atoms with Crippen LogP contribution in [-0.4, -0.2) is 42.9 Å². The molecule has 0 spiro atoms. The molecule has 86 valence electrons. The molecule has 15 heavy (non-hydrogen) atoms. The van der Waals surface area contributed by atoms with Gasteiger partial charge in [-0.1, -0.05) is 0 Å². The largest absolute Gasteiger partial charge is 0.481 e. The second-order valence-corrected chi connectivity index (χ2v) is 5.82. The van der Waals surface area contributed by atoms with Gasteiger partial charge in [0.15, 0.2) is 9.84 Å². The summed E-state index contributed by atoms with van der Waals surface area (Å²) >= 11 is 0. The van der Waals surface area contributed by atoms with Gasteiger partial charge in [0.05, 0.1) is 11.5 Å². The third-order valence-corrected chi connectivity index (χ3v) is 3.96. The Morgan fingerprint density at radius 3 is 2.60 bits per heavy atom. The summed E-state index contributed by atoms with van der Waals surface area (Å²) in [5, 5.41) is 10.7. The highest BCUT2D eigenvalue weighted by Crippen LogP contribution is 2.11. The highest BCUT2D eigenvalue weighted by molar-refractivity contribution is 7.91. The fraction of sp³-hybridized carbons (Fsp3) is 0.750. The van der Waals surface area contributed by atoms with E-state index in [4.69, 9.17) is 5.11 Å². The second-order valence-electron chi connectivity index (χ2n) is 3.59. The van der Waals surface area contributed by atoms with E-state index in [1.807, 2.05) is 0 Å². The standard InChI is InChI=1S/C8H13NO5S/c10-7(4-8(11)12)9-6-2-1-3-15(13,14)5-6/h6H,1-5H2,(H,9,10)(H,11,12). The first kappa shape index (κ1) is 12.0. The predicted molar refractivity (Wildman–Crippen MR) is 52.1 cm³/mol. The number of carbonyl (C=O) groups excluding carboxylic acids is 1. The average molecular weight is 235 g/mol. The number of carboxylic acid groups (broad SMARTS) is 1. The van der Waals surface area contributed by atoms with Crippen LogP contribution in [0.15, 0.2) is 0 Å². The van der Waals surface area contributed by atoms with Crippen LogP contribution in [0, 0.1) is 0 Å². The number of carbonyl (C=O) groups is 2. The molecule has 0 aliphatic carbocycles. The summed E-state index contributed by atoms with van der Waals surface area (Å²) < 4.78 is 22.4. The van der Waals surface area contributed by atoms with Gasteiger partial charge in [-0.3, -0.25) is 9.59 Å². The molecule has 1 unspecified atom stereocenters. The Morgan fingerprint density at radius 2 is 2.07 bits per heavy atom. The lowest BCUT2D eigenvalue weighted by molar-refractivity contribution is -0.140. The van der Waals surface area contributed by atoms with Crippen molar-refractivity contribution in [3.63, 3.8) is 0 Å². The fourth-order valence-corrected chi connectivity index (χ4v) is 3.19. The highest BCUT2D eigenvalue weighted by atomic mass is 32.2. The van der Waals surface area contributed by atoms with E-state index in [0.29, 0.717) is 12.8 Å². The Morgan fingerprint density at radius 1 is 1.40 bits per heavy atom. The van der Waals surface area contributed by atoms with Gasteiger partial charge in [-0.25, -0.2) is 8.42 Å². The minimum absolute atomic E-state index is 0.0850. The number of rotatable bonds is 3.